The summed E-state index contributed by atoms with van der Waals surface area (Å²) in [7, 11) is 0. The first-order chi connectivity index (χ1) is 8.61. The average molecular weight is 262 g/mol. The molecule has 0 saturated carbocycles. The van der Waals surface area contributed by atoms with Gasteiger partial charge in [0.2, 0.25) is 0 Å². The lowest BCUT2D eigenvalue weighted by molar-refractivity contribution is -0.300. The van der Waals surface area contributed by atoms with Crippen LogP contribution in [0.1, 0.15) is 19.8 Å². The third-order valence-electron chi connectivity index (χ3n) is 2.82. The number of ether oxygens (including phenoxy) is 2. The smallest absolute Gasteiger partial charge is 0.186 e. The molecule has 0 bridgehead atoms. The van der Waals surface area contributed by atoms with Crippen molar-refractivity contribution in [2.75, 3.05) is 13.2 Å². The molecule has 3 unspecified atom stereocenters. The summed E-state index contributed by atoms with van der Waals surface area (Å²) in [4.78, 5) is 0. The Bertz CT molecular complexity index is 255. The molecule has 0 aromatic heterocycles. The van der Waals surface area contributed by atoms with Gasteiger partial charge in [-0.3, -0.25) is 0 Å². The van der Waals surface area contributed by atoms with Crippen LogP contribution in [0, 0.1) is 0 Å². The van der Waals surface area contributed by atoms with Crippen molar-refractivity contribution >= 4 is 0 Å². The Morgan fingerprint density at radius 1 is 1.11 bits per heavy atom. The van der Waals surface area contributed by atoms with Gasteiger partial charge in [0.1, 0.15) is 24.4 Å². The fourth-order valence-corrected chi connectivity index (χ4v) is 1.74. The zero-order chi connectivity index (χ0) is 13.5. The average Bonchev–Trinajstić information content (AvgIpc) is 2.38. The number of hydrogen-bond donors (Lipinski definition) is 4. The first kappa shape index (κ1) is 15.6. The van der Waals surface area contributed by atoms with Crippen molar-refractivity contribution in [1.82, 2.24) is 0 Å². The Balaban J connectivity index is 2.41. The second-order valence-electron chi connectivity index (χ2n) is 4.24. The molecule has 6 heteroatoms. The normalized spacial score (nSPS) is 37.3. The summed E-state index contributed by atoms with van der Waals surface area (Å²) in [6.45, 7) is 1.91. The molecule has 0 aromatic carbocycles. The first-order valence-corrected chi connectivity index (χ1v) is 6.19. The van der Waals surface area contributed by atoms with Gasteiger partial charge >= 0.3 is 0 Å². The van der Waals surface area contributed by atoms with Gasteiger partial charge in [-0.15, -0.1) is 0 Å². The molecule has 6 nitrogen and oxygen atoms in total. The van der Waals surface area contributed by atoms with E-state index in [0.29, 0.717) is 13.0 Å². The van der Waals surface area contributed by atoms with Crippen molar-refractivity contribution in [2.24, 2.45) is 0 Å². The maximum absolute atomic E-state index is 9.66. The summed E-state index contributed by atoms with van der Waals surface area (Å²) in [6, 6.07) is 0. The Hall–Kier alpha value is -0.500. The molecule has 0 aromatic rings. The van der Waals surface area contributed by atoms with Crippen LogP contribution in [0.5, 0.6) is 0 Å². The molecule has 0 radical (unpaired) electrons. The third kappa shape index (κ3) is 4.01. The van der Waals surface area contributed by atoms with Gasteiger partial charge in [-0.25, -0.2) is 0 Å². The quantitative estimate of drug-likeness (QED) is 0.368. The number of hydrogen-bond acceptors (Lipinski definition) is 6. The van der Waals surface area contributed by atoms with E-state index in [4.69, 9.17) is 14.6 Å². The lowest BCUT2D eigenvalue weighted by atomic mass is 9.99. The van der Waals surface area contributed by atoms with Crippen molar-refractivity contribution in [3.05, 3.63) is 12.2 Å². The van der Waals surface area contributed by atoms with Gasteiger partial charge in [0.25, 0.3) is 0 Å². The van der Waals surface area contributed by atoms with Crippen LogP contribution < -0.4 is 0 Å². The van der Waals surface area contributed by atoms with E-state index in [2.05, 4.69) is 0 Å². The molecule has 5 atom stereocenters. The maximum Gasteiger partial charge on any atom is 0.186 e. The Morgan fingerprint density at radius 3 is 2.44 bits per heavy atom. The summed E-state index contributed by atoms with van der Waals surface area (Å²) in [5.41, 5.74) is 0. The predicted octanol–water partition coefficient (Wildman–Crippen LogP) is -0.841. The first-order valence-electron chi connectivity index (χ1n) is 6.19. The second-order valence-corrected chi connectivity index (χ2v) is 4.24. The van der Waals surface area contributed by atoms with Crippen LogP contribution in [0.3, 0.4) is 0 Å². The minimum Gasteiger partial charge on any atom is -0.394 e. The highest BCUT2D eigenvalue weighted by molar-refractivity contribution is 4.89. The number of rotatable bonds is 6. The summed E-state index contributed by atoms with van der Waals surface area (Å²) in [5, 5.41) is 37.7. The van der Waals surface area contributed by atoms with E-state index in [1.54, 1.807) is 0 Å². The Labute approximate surface area is 106 Å². The number of aliphatic hydroxyl groups is 4. The van der Waals surface area contributed by atoms with Crippen molar-refractivity contribution in [3.63, 3.8) is 0 Å². The van der Waals surface area contributed by atoms with E-state index in [9.17, 15) is 15.3 Å². The minimum absolute atomic E-state index is 0.333. The lowest BCUT2D eigenvalue weighted by Crippen LogP contribution is -2.59. The molecule has 1 saturated heterocycles. The van der Waals surface area contributed by atoms with E-state index in [0.717, 1.165) is 6.42 Å². The minimum atomic E-state index is -1.38. The summed E-state index contributed by atoms with van der Waals surface area (Å²) >= 11 is 0. The van der Waals surface area contributed by atoms with E-state index in [1.807, 2.05) is 19.1 Å². The van der Waals surface area contributed by atoms with Gasteiger partial charge in [0.05, 0.1) is 13.2 Å². The topological polar surface area (TPSA) is 99.4 Å². The highest BCUT2D eigenvalue weighted by Gasteiger charge is 2.43. The molecule has 1 fully saturated rings. The molecule has 0 spiro atoms. The highest BCUT2D eigenvalue weighted by atomic mass is 16.7. The molecule has 0 aliphatic carbocycles. The summed E-state index contributed by atoms with van der Waals surface area (Å²) < 4.78 is 10.5. The Morgan fingerprint density at radius 2 is 1.83 bits per heavy atom. The fourth-order valence-electron chi connectivity index (χ4n) is 1.74. The van der Waals surface area contributed by atoms with Gasteiger partial charge in [-0.05, 0) is 12.8 Å². The van der Waals surface area contributed by atoms with Crippen LogP contribution in [0.4, 0.5) is 0 Å². The van der Waals surface area contributed by atoms with Crippen molar-refractivity contribution < 1.29 is 29.9 Å². The number of allylic oxidation sites excluding steroid dienone is 1. The Kier molecular flexibility index (Phi) is 6.77. The van der Waals surface area contributed by atoms with Gasteiger partial charge in [-0.2, -0.15) is 0 Å². The van der Waals surface area contributed by atoms with Crippen molar-refractivity contribution in [2.45, 2.75) is 50.5 Å². The van der Waals surface area contributed by atoms with E-state index >= 15 is 0 Å². The zero-order valence-electron chi connectivity index (χ0n) is 10.5. The fraction of sp³-hybridized carbons (Fsp3) is 0.833. The lowest BCUT2D eigenvalue weighted by Gasteiger charge is -2.39. The summed E-state index contributed by atoms with van der Waals surface area (Å²) in [6.07, 6.45) is -0.436. The van der Waals surface area contributed by atoms with E-state index < -0.39 is 37.3 Å². The standard InChI is InChI=1S/C12H22O6/c1-2-3-4-5-6-17-12-11(16)10(15)9(14)8(7-13)18-12/h3-4,8-16H,2,5-7H2,1H3/b4-3-/t8?,9-,10?,11?,12+/m1/s1. The molecule has 1 heterocycles. The highest BCUT2D eigenvalue weighted by Crippen LogP contribution is 2.21. The molecule has 4 N–H and O–H groups in total. The van der Waals surface area contributed by atoms with Gasteiger partial charge < -0.3 is 29.9 Å². The zero-order valence-corrected chi connectivity index (χ0v) is 10.5. The second kappa shape index (κ2) is 7.83. The third-order valence-corrected chi connectivity index (χ3v) is 2.82. The SMILES string of the molecule is CC/C=C\CCO[C@H]1OC(CO)[C@@H](O)C(O)C1O. The van der Waals surface area contributed by atoms with Crippen LogP contribution >= 0.6 is 0 Å². The van der Waals surface area contributed by atoms with Crippen LogP contribution in [0.2, 0.25) is 0 Å². The van der Waals surface area contributed by atoms with Gasteiger partial charge in [0.15, 0.2) is 6.29 Å². The van der Waals surface area contributed by atoms with Crippen LogP contribution in [0.25, 0.3) is 0 Å². The van der Waals surface area contributed by atoms with Crippen molar-refractivity contribution in [1.29, 1.82) is 0 Å². The maximum atomic E-state index is 9.66. The molecular weight excluding hydrogens is 240 g/mol. The van der Waals surface area contributed by atoms with Crippen LogP contribution in [-0.2, 0) is 9.47 Å². The summed E-state index contributed by atoms with van der Waals surface area (Å²) in [5.74, 6) is 0. The molecule has 106 valence electrons. The van der Waals surface area contributed by atoms with Gasteiger partial charge in [-0.1, -0.05) is 19.1 Å². The number of aliphatic hydroxyl groups excluding tert-OH is 4. The molecule has 1 rings (SSSR count). The van der Waals surface area contributed by atoms with Gasteiger partial charge in [0, 0.05) is 0 Å². The molecular formula is C12H22O6. The van der Waals surface area contributed by atoms with Crippen molar-refractivity contribution in [3.8, 4) is 0 Å². The molecule has 1 aliphatic rings. The molecule has 18 heavy (non-hydrogen) atoms. The predicted molar refractivity (Wildman–Crippen MR) is 63.8 cm³/mol. The molecule has 1 aliphatic heterocycles. The van der Waals surface area contributed by atoms with E-state index in [1.165, 1.54) is 0 Å². The monoisotopic (exact) mass is 262 g/mol. The van der Waals surface area contributed by atoms with Crippen LogP contribution in [0.15, 0.2) is 12.2 Å². The molecule has 0 amide bonds. The van der Waals surface area contributed by atoms with E-state index in [-0.39, 0.29) is 0 Å². The van der Waals surface area contributed by atoms with Crippen LogP contribution in [-0.4, -0.2) is 64.3 Å². The largest absolute Gasteiger partial charge is 0.394 e.